The van der Waals surface area contributed by atoms with Gasteiger partial charge in [0.25, 0.3) is 0 Å². The van der Waals surface area contributed by atoms with Crippen molar-refractivity contribution >= 4 is 5.78 Å². The Hall–Kier alpha value is -1.15. The van der Waals surface area contributed by atoms with Gasteiger partial charge in [0, 0.05) is 6.42 Å². The fourth-order valence-corrected chi connectivity index (χ4v) is 1.01. The average Bonchev–Trinajstić information content (AvgIpc) is 2.17. The summed E-state index contributed by atoms with van der Waals surface area (Å²) in [5.74, 6) is 0.0706. The summed E-state index contributed by atoms with van der Waals surface area (Å²) in [6.07, 6.45) is 0.486. The average molecular weight is 162 g/mol. The molecule has 1 rings (SSSR count). The van der Waals surface area contributed by atoms with E-state index in [0.29, 0.717) is 6.42 Å². The van der Waals surface area contributed by atoms with E-state index < -0.39 is 6.04 Å². The first kappa shape index (κ1) is 8.94. The molecule has 0 heterocycles. The minimum Gasteiger partial charge on any atom is -0.318 e. The molecule has 1 aromatic carbocycles. The van der Waals surface area contributed by atoms with Gasteiger partial charge in [-0.15, -0.1) is 0 Å². The lowest BCUT2D eigenvalue weighted by atomic mass is 10.0. The molecule has 0 aliphatic carbocycles. The van der Waals surface area contributed by atoms with E-state index in [1.807, 2.05) is 19.1 Å². The zero-order chi connectivity index (χ0) is 8.97. The Morgan fingerprint density at radius 2 is 2.17 bits per heavy atom. The maximum Gasteiger partial charge on any atom is 0.153 e. The van der Waals surface area contributed by atoms with Gasteiger partial charge < -0.3 is 5.73 Å². The molecule has 0 fully saturated rings. The van der Waals surface area contributed by atoms with E-state index in [2.05, 4.69) is 6.07 Å². The lowest BCUT2D eigenvalue weighted by Crippen LogP contribution is -2.20. The number of rotatable bonds is 3. The molecule has 2 heteroatoms. The highest BCUT2D eigenvalue weighted by atomic mass is 16.1. The summed E-state index contributed by atoms with van der Waals surface area (Å²) in [4.78, 5) is 11.2. The molecule has 2 nitrogen and oxygen atoms in total. The molecule has 0 bridgehead atoms. The molecule has 0 amide bonds. The quantitative estimate of drug-likeness (QED) is 0.731. The maximum atomic E-state index is 11.2. The van der Waals surface area contributed by atoms with Crippen LogP contribution in [0.4, 0.5) is 0 Å². The first-order valence-corrected chi connectivity index (χ1v) is 4.00. The number of nitrogens with two attached hydrogens (primary N) is 1. The number of ketones is 1. The largest absolute Gasteiger partial charge is 0.318 e. The first-order valence-electron chi connectivity index (χ1n) is 4.00. The minimum atomic E-state index is -0.468. The second-order valence-corrected chi connectivity index (χ2v) is 2.63. The van der Waals surface area contributed by atoms with Gasteiger partial charge in [0.1, 0.15) is 0 Å². The zero-order valence-corrected chi connectivity index (χ0v) is 7.08. The summed E-state index contributed by atoms with van der Waals surface area (Å²) >= 11 is 0. The van der Waals surface area contributed by atoms with Gasteiger partial charge in [-0.3, -0.25) is 4.79 Å². The molecule has 0 saturated carbocycles. The maximum absolute atomic E-state index is 11.2. The van der Waals surface area contributed by atoms with E-state index >= 15 is 0 Å². The van der Waals surface area contributed by atoms with Gasteiger partial charge in [-0.1, -0.05) is 31.2 Å². The molecule has 2 N–H and O–H groups in total. The van der Waals surface area contributed by atoms with Crippen LogP contribution >= 0.6 is 0 Å². The topological polar surface area (TPSA) is 43.1 Å². The van der Waals surface area contributed by atoms with Crippen molar-refractivity contribution in [2.45, 2.75) is 19.4 Å². The van der Waals surface area contributed by atoms with E-state index in [0.717, 1.165) is 5.56 Å². The van der Waals surface area contributed by atoms with Crippen LogP contribution in [-0.2, 0) is 4.79 Å². The third-order valence-corrected chi connectivity index (χ3v) is 1.80. The van der Waals surface area contributed by atoms with Crippen molar-refractivity contribution < 1.29 is 4.79 Å². The molecule has 12 heavy (non-hydrogen) atoms. The minimum absolute atomic E-state index is 0.0706. The molecular formula is C10H12NO. The number of carbonyl (C=O) groups is 1. The predicted molar refractivity (Wildman–Crippen MR) is 47.5 cm³/mol. The lowest BCUT2D eigenvalue weighted by molar-refractivity contribution is -0.120. The Labute approximate surface area is 72.4 Å². The van der Waals surface area contributed by atoms with Crippen molar-refractivity contribution in [2.75, 3.05) is 0 Å². The van der Waals surface area contributed by atoms with Gasteiger partial charge in [-0.05, 0) is 11.6 Å². The van der Waals surface area contributed by atoms with Crippen LogP contribution in [0.25, 0.3) is 0 Å². The second kappa shape index (κ2) is 4.02. The van der Waals surface area contributed by atoms with Crippen LogP contribution in [0.2, 0.25) is 0 Å². The molecular weight excluding hydrogens is 150 g/mol. The number of hydrogen-bond donors (Lipinski definition) is 1. The van der Waals surface area contributed by atoms with Crippen LogP contribution in [0.15, 0.2) is 24.3 Å². The molecule has 1 radical (unpaired) electrons. The van der Waals surface area contributed by atoms with Crippen molar-refractivity contribution in [3.05, 3.63) is 35.9 Å². The molecule has 0 aromatic heterocycles. The Morgan fingerprint density at radius 3 is 2.67 bits per heavy atom. The molecule has 63 valence electrons. The van der Waals surface area contributed by atoms with Crippen LogP contribution in [-0.4, -0.2) is 5.78 Å². The van der Waals surface area contributed by atoms with Gasteiger partial charge in [-0.25, -0.2) is 0 Å². The number of carbonyl (C=O) groups excluding carboxylic acids is 1. The number of benzene rings is 1. The van der Waals surface area contributed by atoms with Crippen LogP contribution in [0.5, 0.6) is 0 Å². The Morgan fingerprint density at radius 1 is 1.58 bits per heavy atom. The molecule has 0 spiro atoms. The summed E-state index contributed by atoms with van der Waals surface area (Å²) in [5.41, 5.74) is 6.55. The third kappa shape index (κ3) is 1.92. The Bertz CT molecular complexity index is 256. The molecule has 0 saturated heterocycles. The summed E-state index contributed by atoms with van der Waals surface area (Å²) in [6, 6.07) is 9.57. The van der Waals surface area contributed by atoms with Crippen molar-refractivity contribution in [3.63, 3.8) is 0 Å². The number of hydrogen-bond acceptors (Lipinski definition) is 2. The summed E-state index contributed by atoms with van der Waals surface area (Å²) in [6.45, 7) is 1.82. The second-order valence-electron chi connectivity index (χ2n) is 2.63. The summed E-state index contributed by atoms with van der Waals surface area (Å²) < 4.78 is 0. The molecule has 0 aliphatic rings. The van der Waals surface area contributed by atoms with Crippen LogP contribution in [0, 0.1) is 6.07 Å². The van der Waals surface area contributed by atoms with Gasteiger partial charge in [0.05, 0.1) is 6.04 Å². The highest BCUT2D eigenvalue weighted by Gasteiger charge is 2.12. The van der Waals surface area contributed by atoms with E-state index in [1.165, 1.54) is 0 Å². The molecule has 0 aliphatic heterocycles. The zero-order valence-electron chi connectivity index (χ0n) is 7.08. The SMILES string of the molecule is CCC(=O)C(N)c1cc[c]cc1. The predicted octanol–water partition coefficient (Wildman–Crippen LogP) is 1.47. The van der Waals surface area contributed by atoms with E-state index in [1.54, 1.807) is 12.1 Å². The fraction of sp³-hybridized carbons (Fsp3) is 0.300. The Kier molecular flexibility index (Phi) is 3.00. The van der Waals surface area contributed by atoms with Gasteiger partial charge in [-0.2, -0.15) is 0 Å². The van der Waals surface area contributed by atoms with Gasteiger partial charge in [0.15, 0.2) is 5.78 Å². The van der Waals surface area contributed by atoms with Crippen LogP contribution < -0.4 is 5.73 Å². The summed E-state index contributed by atoms with van der Waals surface area (Å²) in [5, 5.41) is 0. The highest BCUT2D eigenvalue weighted by Crippen LogP contribution is 2.11. The van der Waals surface area contributed by atoms with Crippen LogP contribution in [0.3, 0.4) is 0 Å². The number of Topliss-reactive ketones (excluding diaryl/α,β-unsaturated/α-hetero) is 1. The monoisotopic (exact) mass is 162 g/mol. The standard InChI is InChI=1S/C10H12NO/c1-2-9(12)10(11)8-6-4-3-5-7-8/h4-7,10H,2,11H2,1H3. The molecule has 1 aromatic rings. The van der Waals surface area contributed by atoms with Gasteiger partial charge in [0.2, 0.25) is 0 Å². The molecule has 1 atom stereocenters. The highest BCUT2D eigenvalue weighted by molar-refractivity contribution is 5.84. The fourth-order valence-electron chi connectivity index (χ4n) is 1.01. The normalized spacial score (nSPS) is 12.5. The van der Waals surface area contributed by atoms with Crippen LogP contribution in [0.1, 0.15) is 24.9 Å². The van der Waals surface area contributed by atoms with Crippen molar-refractivity contribution in [1.29, 1.82) is 0 Å². The lowest BCUT2D eigenvalue weighted by Gasteiger charge is -2.08. The summed E-state index contributed by atoms with van der Waals surface area (Å²) in [7, 11) is 0. The van der Waals surface area contributed by atoms with Crippen molar-refractivity contribution in [2.24, 2.45) is 5.73 Å². The van der Waals surface area contributed by atoms with E-state index in [9.17, 15) is 4.79 Å². The first-order chi connectivity index (χ1) is 5.75. The third-order valence-electron chi connectivity index (χ3n) is 1.80. The smallest absolute Gasteiger partial charge is 0.153 e. The van der Waals surface area contributed by atoms with E-state index in [-0.39, 0.29) is 5.78 Å². The molecule has 1 unspecified atom stereocenters. The van der Waals surface area contributed by atoms with E-state index in [4.69, 9.17) is 5.73 Å². The van der Waals surface area contributed by atoms with Crippen molar-refractivity contribution in [1.82, 2.24) is 0 Å². The Balaban J connectivity index is 2.78. The van der Waals surface area contributed by atoms with Crippen molar-refractivity contribution in [3.8, 4) is 0 Å². The van der Waals surface area contributed by atoms with Gasteiger partial charge >= 0.3 is 0 Å².